The second-order valence-electron chi connectivity index (χ2n) is 7.10. The van der Waals surface area contributed by atoms with Gasteiger partial charge in [0.2, 0.25) is 0 Å². The van der Waals surface area contributed by atoms with Crippen molar-refractivity contribution in [2.75, 3.05) is 32.0 Å². The molecule has 146 valence electrons. The van der Waals surface area contributed by atoms with Gasteiger partial charge in [-0.15, -0.1) is 11.8 Å². The van der Waals surface area contributed by atoms with E-state index in [0.717, 1.165) is 29.3 Å². The SMILES string of the molecule is O=C(NC[C@H](c1ccccc1)N1CCCC1)C1=C(c2ccccc2)SCCO1. The zero-order valence-electron chi connectivity index (χ0n) is 16.0. The van der Waals surface area contributed by atoms with Gasteiger partial charge in [-0.1, -0.05) is 60.7 Å². The fourth-order valence-electron chi connectivity index (χ4n) is 3.85. The maximum absolute atomic E-state index is 13.0. The lowest BCUT2D eigenvalue weighted by Crippen LogP contribution is -2.38. The number of benzene rings is 2. The van der Waals surface area contributed by atoms with Crippen LogP contribution in [0.15, 0.2) is 66.4 Å². The zero-order chi connectivity index (χ0) is 19.2. The van der Waals surface area contributed by atoms with Crippen LogP contribution in [-0.2, 0) is 9.53 Å². The number of nitrogens with zero attached hydrogens (tertiary/aromatic N) is 1. The molecule has 0 bridgehead atoms. The highest BCUT2D eigenvalue weighted by molar-refractivity contribution is 8.08. The Kier molecular flexibility index (Phi) is 6.34. The summed E-state index contributed by atoms with van der Waals surface area (Å²) in [6.07, 6.45) is 2.45. The quantitative estimate of drug-likeness (QED) is 0.802. The van der Waals surface area contributed by atoms with Crippen LogP contribution >= 0.6 is 11.8 Å². The minimum absolute atomic E-state index is 0.119. The molecule has 0 unspecified atom stereocenters. The number of likely N-dealkylation sites (tertiary alicyclic amines) is 1. The Morgan fingerprint density at radius 1 is 1.04 bits per heavy atom. The van der Waals surface area contributed by atoms with Crippen LogP contribution in [-0.4, -0.2) is 42.8 Å². The maximum Gasteiger partial charge on any atom is 0.287 e. The second kappa shape index (κ2) is 9.30. The first-order chi connectivity index (χ1) is 13.8. The predicted molar refractivity (Wildman–Crippen MR) is 115 cm³/mol. The van der Waals surface area contributed by atoms with Crippen LogP contribution in [0.25, 0.3) is 4.91 Å². The standard InChI is InChI=1S/C23H26N2O2S/c26-23(21-22(28-16-15-27-21)19-11-5-2-6-12-19)24-17-20(25-13-7-8-14-25)18-9-3-1-4-10-18/h1-6,9-12,20H,7-8,13-17H2,(H,24,26)/t20-/m1/s1. The van der Waals surface area contributed by atoms with E-state index >= 15 is 0 Å². The van der Waals surface area contributed by atoms with Crippen molar-refractivity contribution in [2.24, 2.45) is 0 Å². The van der Waals surface area contributed by atoms with Crippen LogP contribution in [0.5, 0.6) is 0 Å². The molecular weight excluding hydrogens is 368 g/mol. The summed E-state index contributed by atoms with van der Waals surface area (Å²) < 4.78 is 5.80. The van der Waals surface area contributed by atoms with Crippen molar-refractivity contribution in [3.8, 4) is 0 Å². The fraction of sp³-hybridized carbons (Fsp3) is 0.348. The number of hydrogen-bond donors (Lipinski definition) is 1. The van der Waals surface area contributed by atoms with E-state index in [9.17, 15) is 4.79 Å². The molecule has 28 heavy (non-hydrogen) atoms. The van der Waals surface area contributed by atoms with E-state index in [1.54, 1.807) is 11.8 Å². The smallest absolute Gasteiger partial charge is 0.287 e. The van der Waals surface area contributed by atoms with Crippen LogP contribution in [0.1, 0.15) is 30.0 Å². The Balaban J connectivity index is 1.52. The molecule has 1 atom stereocenters. The largest absolute Gasteiger partial charge is 0.486 e. The molecule has 1 amide bonds. The maximum atomic E-state index is 13.0. The van der Waals surface area contributed by atoms with E-state index in [-0.39, 0.29) is 11.9 Å². The first-order valence-electron chi connectivity index (χ1n) is 9.95. The van der Waals surface area contributed by atoms with E-state index in [2.05, 4.69) is 34.5 Å². The molecule has 2 aliphatic heterocycles. The van der Waals surface area contributed by atoms with Gasteiger partial charge < -0.3 is 10.1 Å². The van der Waals surface area contributed by atoms with Gasteiger partial charge in [-0.2, -0.15) is 0 Å². The summed E-state index contributed by atoms with van der Waals surface area (Å²) in [6, 6.07) is 20.7. The molecule has 1 saturated heterocycles. The van der Waals surface area contributed by atoms with Gasteiger partial charge in [0.15, 0.2) is 5.76 Å². The summed E-state index contributed by atoms with van der Waals surface area (Å²) in [5.41, 5.74) is 2.29. The minimum Gasteiger partial charge on any atom is -0.486 e. The number of carbonyl (C=O) groups excluding carboxylic acids is 1. The van der Waals surface area contributed by atoms with Crippen molar-refractivity contribution >= 4 is 22.6 Å². The number of carbonyl (C=O) groups is 1. The minimum atomic E-state index is -0.119. The molecule has 0 spiro atoms. The van der Waals surface area contributed by atoms with Gasteiger partial charge in [0, 0.05) is 12.3 Å². The third-order valence-electron chi connectivity index (χ3n) is 5.25. The second-order valence-corrected chi connectivity index (χ2v) is 8.21. The number of thioether (sulfide) groups is 1. The molecule has 1 N–H and O–H groups in total. The number of ether oxygens (including phenoxy) is 1. The first-order valence-corrected chi connectivity index (χ1v) is 10.9. The number of amides is 1. The predicted octanol–water partition coefficient (Wildman–Crippen LogP) is 4.07. The fourth-order valence-corrected chi connectivity index (χ4v) is 4.80. The van der Waals surface area contributed by atoms with Gasteiger partial charge in [-0.3, -0.25) is 9.69 Å². The van der Waals surface area contributed by atoms with E-state index in [1.165, 1.54) is 18.4 Å². The summed E-state index contributed by atoms with van der Waals surface area (Å²) in [5, 5.41) is 3.15. The molecule has 5 heteroatoms. The van der Waals surface area contributed by atoms with Gasteiger partial charge in [0.25, 0.3) is 5.91 Å². The Hall–Kier alpha value is -2.24. The van der Waals surface area contributed by atoms with Crippen LogP contribution in [0.2, 0.25) is 0 Å². The molecule has 1 fully saturated rings. The number of rotatable bonds is 6. The summed E-state index contributed by atoms with van der Waals surface area (Å²) in [4.78, 5) is 16.4. The average molecular weight is 395 g/mol. The number of hydrogen-bond acceptors (Lipinski definition) is 4. The summed E-state index contributed by atoms with van der Waals surface area (Å²) in [7, 11) is 0. The van der Waals surface area contributed by atoms with Crippen molar-refractivity contribution in [1.29, 1.82) is 0 Å². The number of nitrogens with one attached hydrogen (secondary N) is 1. The normalized spacial score (nSPS) is 18.6. The molecule has 4 nitrogen and oxygen atoms in total. The molecule has 2 aromatic carbocycles. The van der Waals surface area contributed by atoms with Crippen LogP contribution < -0.4 is 5.32 Å². The van der Waals surface area contributed by atoms with Crippen molar-refractivity contribution in [3.05, 3.63) is 77.5 Å². The molecule has 4 rings (SSSR count). The molecule has 0 radical (unpaired) electrons. The van der Waals surface area contributed by atoms with E-state index < -0.39 is 0 Å². The van der Waals surface area contributed by atoms with Gasteiger partial charge in [-0.05, 0) is 37.1 Å². The zero-order valence-corrected chi connectivity index (χ0v) is 16.8. The van der Waals surface area contributed by atoms with Crippen molar-refractivity contribution in [1.82, 2.24) is 10.2 Å². The van der Waals surface area contributed by atoms with Gasteiger partial charge in [0.1, 0.15) is 0 Å². The highest BCUT2D eigenvalue weighted by Gasteiger charge is 2.27. The monoisotopic (exact) mass is 394 g/mol. The lowest BCUT2D eigenvalue weighted by atomic mass is 10.1. The Labute approximate surface area is 171 Å². The van der Waals surface area contributed by atoms with Gasteiger partial charge >= 0.3 is 0 Å². The summed E-state index contributed by atoms with van der Waals surface area (Å²) >= 11 is 1.69. The molecule has 0 aromatic heterocycles. The van der Waals surface area contributed by atoms with E-state index in [4.69, 9.17) is 4.74 Å². The highest BCUT2D eigenvalue weighted by atomic mass is 32.2. The molecule has 2 aromatic rings. The van der Waals surface area contributed by atoms with Gasteiger partial charge in [0.05, 0.1) is 17.6 Å². The van der Waals surface area contributed by atoms with Gasteiger partial charge in [-0.25, -0.2) is 0 Å². The third kappa shape index (κ3) is 4.42. The first kappa shape index (κ1) is 19.1. The van der Waals surface area contributed by atoms with Crippen LogP contribution in [0.3, 0.4) is 0 Å². The van der Waals surface area contributed by atoms with Crippen LogP contribution in [0, 0.1) is 0 Å². The third-order valence-corrected chi connectivity index (χ3v) is 6.33. The Bertz CT molecular complexity index is 817. The van der Waals surface area contributed by atoms with Crippen molar-refractivity contribution in [3.63, 3.8) is 0 Å². The topological polar surface area (TPSA) is 41.6 Å². The lowest BCUT2D eigenvalue weighted by molar-refractivity contribution is -0.121. The molecule has 2 aliphatic rings. The molecule has 0 saturated carbocycles. The molecule has 0 aliphatic carbocycles. The van der Waals surface area contributed by atoms with E-state index in [0.29, 0.717) is 18.9 Å². The molecule has 2 heterocycles. The summed E-state index contributed by atoms with van der Waals surface area (Å²) in [5.74, 6) is 1.20. The Morgan fingerprint density at radius 2 is 1.71 bits per heavy atom. The van der Waals surface area contributed by atoms with E-state index in [1.807, 2.05) is 36.4 Å². The average Bonchev–Trinajstić information content (AvgIpc) is 3.30. The van der Waals surface area contributed by atoms with Crippen molar-refractivity contribution < 1.29 is 9.53 Å². The molecular formula is C23H26N2O2S. The highest BCUT2D eigenvalue weighted by Crippen LogP contribution is 2.34. The van der Waals surface area contributed by atoms with Crippen LogP contribution in [0.4, 0.5) is 0 Å². The lowest BCUT2D eigenvalue weighted by Gasteiger charge is -2.29. The van der Waals surface area contributed by atoms with Crippen molar-refractivity contribution in [2.45, 2.75) is 18.9 Å². The summed E-state index contributed by atoms with van der Waals surface area (Å²) in [6.45, 7) is 3.32. The Morgan fingerprint density at radius 3 is 2.43 bits per heavy atom.